The van der Waals surface area contributed by atoms with Crippen LogP contribution >= 0.6 is 12.6 Å². The van der Waals surface area contributed by atoms with Gasteiger partial charge in [-0.05, 0) is 36.4 Å². The Morgan fingerprint density at radius 1 is 0.667 bits per heavy atom. The maximum Gasteiger partial charge on any atom is 0.0474 e. The quantitative estimate of drug-likeness (QED) is 0.349. The van der Waals surface area contributed by atoms with Gasteiger partial charge in [-0.2, -0.15) is 12.6 Å². The van der Waals surface area contributed by atoms with E-state index >= 15 is 0 Å². The van der Waals surface area contributed by atoms with E-state index in [0.717, 1.165) is 64.7 Å². The Balaban J connectivity index is 0.000000140. The molecule has 4 aromatic rings. The Morgan fingerprint density at radius 3 is 1.76 bits per heavy atom. The Bertz CT molecular complexity index is 1150. The summed E-state index contributed by atoms with van der Waals surface area (Å²) in [6.07, 6.45) is 4.03. The number of anilines is 2. The zero-order valence-electron chi connectivity index (χ0n) is 19.1. The molecule has 0 atom stereocenters. The van der Waals surface area contributed by atoms with Gasteiger partial charge in [-0.25, -0.2) is 0 Å². The molecule has 4 heterocycles. The number of thiol groups is 1. The molecule has 174 valence electrons. The second-order valence-corrected chi connectivity index (χ2v) is 9.17. The molecule has 3 N–H and O–H groups in total. The van der Waals surface area contributed by atoms with Crippen LogP contribution in [0.4, 0.5) is 11.4 Å². The molecule has 2 saturated heterocycles. The number of H-pyrrole nitrogens is 2. The van der Waals surface area contributed by atoms with Crippen molar-refractivity contribution in [3.63, 3.8) is 0 Å². The Hall–Kier alpha value is -2.61. The highest BCUT2D eigenvalue weighted by Crippen LogP contribution is 2.27. The lowest BCUT2D eigenvalue weighted by molar-refractivity contribution is 0.274. The van der Waals surface area contributed by atoms with E-state index in [2.05, 4.69) is 91.1 Å². The molecule has 2 aliphatic heterocycles. The molecule has 2 aromatic heterocycles. The largest absolute Gasteiger partial charge is 0.368 e. The standard InChI is InChI=1S/C14H19N3S.C12H15N3/c18-11-10-16-6-8-17(9-7-16)14-3-1-2-13-12(14)4-5-15-13;1-2-11-10(4-5-14-11)12(3-1)15-8-6-13-7-9-15/h1-5,15,18H,6-11H2;1-5,13-14H,6-9H2. The van der Waals surface area contributed by atoms with Crippen molar-refractivity contribution < 1.29 is 0 Å². The number of benzene rings is 2. The van der Waals surface area contributed by atoms with Crippen LogP contribution in [0.2, 0.25) is 0 Å². The van der Waals surface area contributed by atoms with Crippen molar-refractivity contribution in [2.24, 2.45) is 0 Å². The van der Waals surface area contributed by atoms with Crippen molar-refractivity contribution >= 4 is 45.8 Å². The number of rotatable bonds is 4. The van der Waals surface area contributed by atoms with Crippen LogP contribution in [0.25, 0.3) is 21.8 Å². The molecule has 0 saturated carbocycles. The molecule has 0 spiro atoms. The number of aromatic nitrogens is 2. The molecule has 0 radical (unpaired) electrons. The first-order valence-electron chi connectivity index (χ1n) is 12.0. The monoisotopic (exact) mass is 462 g/mol. The predicted octanol–water partition coefficient (Wildman–Crippen LogP) is 3.80. The first-order valence-corrected chi connectivity index (χ1v) is 12.6. The summed E-state index contributed by atoms with van der Waals surface area (Å²) < 4.78 is 0. The van der Waals surface area contributed by atoms with Crippen molar-refractivity contribution in [1.82, 2.24) is 20.2 Å². The van der Waals surface area contributed by atoms with Gasteiger partial charge >= 0.3 is 0 Å². The fourth-order valence-corrected chi connectivity index (χ4v) is 5.23. The molecule has 2 aliphatic rings. The van der Waals surface area contributed by atoms with Gasteiger partial charge in [0.15, 0.2) is 0 Å². The number of nitrogens with zero attached hydrogens (tertiary/aromatic N) is 3. The minimum Gasteiger partial charge on any atom is -0.368 e. The Morgan fingerprint density at radius 2 is 1.21 bits per heavy atom. The molecule has 0 bridgehead atoms. The van der Waals surface area contributed by atoms with Crippen LogP contribution in [0.1, 0.15) is 0 Å². The normalized spacial score (nSPS) is 17.4. The van der Waals surface area contributed by atoms with E-state index in [9.17, 15) is 0 Å². The molecule has 2 fully saturated rings. The third kappa shape index (κ3) is 5.00. The highest BCUT2D eigenvalue weighted by atomic mass is 32.1. The van der Waals surface area contributed by atoms with E-state index < -0.39 is 0 Å². The average Bonchev–Trinajstić information content (AvgIpc) is 3.55. The van der Waals surface area contributed by atoms with Gasteiger partial charge in [0.25, 0.3) is 0 Å². The van der Waals surface area contributed by atoms with Crippen molar-refractivity contribution in [3.05, 3.63) is 60.9 Å². The van der Waals surface area contributed by atoms with Gasteiger partial charge in [0.2, 0.25) is 0 Å². The number of nitrogens with one attached hydrogen (secondary N) is 3. The summed E-state index contributed by atoms with van der Waals surface area (Å²) in [7, 11) is 0. The molecular weight excluding hydrogens is 428 g/mol. The smallest absolute Gasteiger partial charge is 0.0474 e. The van der Waals surface area contributed by atoms with E-state index in [-0.39, 0.29) is 0 Å². The fourth-order valence-electron chi connectivity index (χ4n) is 4.95. The van der Waals surface area contributed by atoms with E-state index in [1.165, 1.54) is 33.2 Å². The Labute approximate surface area is 201 Å². The summed E-state index contributed by atoms with van der Waals surface area (Å²) in [4.78, 5) is 14.0. The fraction of sp³-hybridized carbons (Fsp3) is 0.385. The summed E-state index contributed by atoms with van der Waals surface area (Å²) in [5, 5.41) is 6.04. The van der Waals surface area contributed by atoms with Crippen LogP contribution in [-0.4, -0.2) is 79.5 Å². The SMILES string of the molecule is SCCN1CCN(c2cccc3[nH]ccc23)CC1.c1cc(N2CCNCC2)c2cc[nH]c2c1. The topological polar surface area (TPSA) is 53.3 Å². The summed E-state index contributed by atoms with van der Waals surface area (Å²) in [6, 6.07) is 17.3. The van der Waals surface area contributed by atoms with Crippen LogP contribution in [0.5, 0.6) is 0 Å². The lowest BCUT2D eigenvalue weighted by atomic mass is 10.2. The zero-order chi connectivity index (χ0) is 22.5. The second-order valence-electron chi connectivity index (χ2n) is 8.72. The highest BCUT2D eigenvalue weighted by molar-refractivity contribution is 7.80. The molecule has 0 aliphatic carbocycles. The van der Waals surface area contributed by atoms with Crippen LogP contribution in [0.3, 0.4) is 0 Å². The third-order valence-electron chi connectivity index (χ3n) is 6.73. The lowest BCUT2D eigenvalue weighted by Crippen LogP contribution is -2.47. The van der Waals surface area contributed by atoms with Crippen LogP contribution < -0.4 is 15.1 Å². The van der Waals surface area contributed by atoms with Crippen LogP contribution in [0, 0.1) is 0 Å². The van der Waals surface area contributed by atoms with Gasteiger partial charge in [-0.15, -0.1) is 0 Å². The van der Waals surface area contributed by atoms with Crippen molar-refractivity contribution in [1.29, 1.82) is 0 Å². The van der Waals surface area contributed by atoms with Crippen molar-refractivity contribution in [2.45, 2.75) is 0 Å². The number of hydrogen-bond donors (Lipinski definition) is 4. The zero-order valence-corrected chi connectivity index (χ0v) is 20.0. The first kappa shape index (κ1) is 22.2. The van der Waals surface area contributed by atoms with E-state index in [4.69, 9.17) is 0 Å². The van der Waals surface area contributed by atoms with E-state index in [1.54, 1.807) is 0 Å². The number of hydrogen-bond acceptors (Lipinski definition) is 5. The summed E-state index contributed by atoms with van der Waals surface area (Å²) in [5.41, 5.74) is 5.17. The average molecular weight is 463 g/mol. The first-order chi connectivity index (χ1) is 16.3. The molecule has 6 rings (SSSR count). The van der Waals surface area contributed by atoms with Crippen LogP contribution in [-0.2, 0) is 0 Å². The van der Waals surface area contributed by atoms with Crippen LogP contribution in [0.15, 0.2) is 60.9 Å². The van der Waals surface area contributed by atoms with Gasteiger partial charge in [0.05, 0.1) is 0 Å². The summed E-state index contributed by atoms with van der Waals surface area (Å²) in [5.74, 6) is 0.952. The number of piperazine rings is 2. The summed E-state index contributed by atoms with van der Waals surface area (Å²) >= 11 is 4.30. The second kappa shape index (κ2) is 10.5. The van der Waals surface area contributed by atoms with E-state index in [0.29, 0.717) is 0 Å². The lowest BCUT2D eigenvalue weighted by Gasteiger charge is -2.36. The molecule has 33 heavy (non-hydrogen) atoms. The minimum atomic E-state index is 0.952. The number of fused-ring (bicyclic) bond motifs is 2. The number of aromatic amines is 2. The minimum absolute atomic E-state index is 0.952. The maximum atomic E-state index is 4.30. The maximum absolute atomic E-state index is 4.30. The molecule has 2 aromatic carbocycles. The van der Waals surface area contributed by atoms with Gasteiger partial charge < -0.3 is 25.1 Å². The molecule has 7 heteroatoms. The van der Waals surface area contributed by atoms with Crippen molar-refractivity contribution in [2.75, 3.05) is 74.5 Å². The van der Waals surface area contributed by atoms with Gasteiger partial charge in [0.1, 0.15) is 0 Å². The molecule has 6 nitrogen and oxygen atoms in total. The Kier molecular flexibility index (Phi) is 7.09. The van der Waals surface area contributed by atoms with Gasteiger partial charge in [0, 0.05) is 110 Å². The predicted molar refractivity (Wildman–Crippen MR) is 144 cm³/mol. The van der Waals surface area contributed by atoms with Gasteiger partial charge in [-0.3, -0.25) is 4.90 Å². The molecule has 0 unspecified atom stereocenters. The molecule has 0 amide bonds. The van der Waals surface area contributed by atoms with Crippen molar-refractivity contribution in [3.8, 4) is 0 Å². The molecular formula is C26H34N6S. The van der Waals surface area contributed by atoms with E-state index in [1.807, 2.05) is 12.4 Å². The van der Waals surface area contributed by atoms with Gasteiger partial charge in [-0.1, -0.05) is 12.1 Å². The third-order valence-corrected chi connectivity index (χ3v) is 6.93. The highest BCUT2D eigenvalue weighted by Gasteiger charge is 2.18. The summed E-state index contributed by atoms with van der Waals surface area (Å²) in [6.45, 7) is 9.97.